The van der Waals surface area contributed by atoms with Gasteiger partial charge in [0.1, 0.15) is 5.82 Å². The van der Waals surface area contributed by atoms with E-state index in [0.29, 0.717) is 0 Å². The molecule has 4 aromatic rings. The van der Waals surface area contributed by atoms with Gasteiger partial charge in [0, 0.05) is 17.3 Å². The molecule has 0 saturated carbocycles. The van der Waals surface area contributed by atoms with Gasteiger partial charge in [-0.1, -0.05) is 91.0 Å². The summed E-state index contributed by atoms with van der Waals surface area (Å²) < 4.78 is 16.6. The van der Waals surface area contributed by atoms with E-state index in [9.17, 15) is 14.7 Å². The number of carbonyl (C=O) groups is 1. The molecule has 0 aliphatic rings. The molecule has 4 nitrogen and oxygen atoms in total. The second-order valence-corrected chi connectivity index (χ2v) is 7.28. The third kappa shape index (κ3) is 4.42. The number of aromatic nitrogens is 1. The number of nitrogens with zero attached hydrogens (tertiary/aromatic N) is 1. The second-order valence-electron chi connectivity index (χ2n) is 7.28. The number of halogens is 1. The van der Waals surface area contributed by atoms with Gasteiger partial charge < -0.3 is 9.67 Å². The van der Waals surface area contributed by atoms with Gasteiger partial charge in [0.25, 0.3) is 5.56 Å². The first-order valence-electron chi connectivity index (χ1n) is 10.1. The van der Waals surface area contributed by atoms with Crippen LogP contribution in [0.2, 0.25) is 0 Å². The van der Waals surface area contributed by atoms with E-state index in [1.165, 1.54) is 29.0 Å². The van der Waals surface area contributed by atoms with Crippen LogP contribution in [0.15, 0.2) is 95.9 Å². The number of pyridine rings is 1. The van der Waals surface area contributed by atoms with E-state index in [1.54, 1.807) is 18.2 Å². The van der Waals surface area contributed by atoms with Crippen LogP contribution in [0.1, 0.15) is 27.0 Å². The van der Waals surface area contributed by atoms with Crippen LogP contribution in [0.3, 0.4) is 0 Å². The highest BCUT2D eigenvalue weighted by molar-refractivity contribution is 5.97. The lowest BCUT2D eigenvalue weighted by Gasteiger charge is -2.14. The molecule has 0 radical (unpaired) electrons. The van der Waals surface area contributed by atoms with E-state index < -0.39 is 17.3 Å². The van der Waals surface area contributed by atoms with Crippen molar-refractivity contribution in [2.24, 2.45) is 0 Å². The van der Waals surface area contributed by atoms with Crippen LogP contribution in [0, 0.1) is 5.82 Å². The van der Waals surface area contributed by atoms with E-state index in [2.05, 4.69) is 0 Å². The van der Waals surface area contributed by atoms with Crippen molar-refractivity contribution in [3.05, 3.63) is 130 Å². The van der Waals surface area contributed by atoms with Crippen LogP contribution in [-0.2, 0) is 6.54 Å². The maximum atomic E-state index is 15.4. The fraction of sp³-hybridized carbons (Fsp3) is 0.0370. The summed E-state index contributed by atoms with van der Waals surface area (Å²) in [6.45, 7) is 0.168. The number of rotatable bonds is 6. The molecular weight excluding hydrogens is 405 g/mol. The Morgan fingerprint density at radius 3 is 2.19 bits per heavy atom. The molecule has 3 aromatic carbocycles. The van der Waals surface area contributed by atoms with Crippen LogP contribution in [0.25, 0.3) is 23.3 Å². The quantitative estimate of drug-likeness (QED) is 0.439. The molecule has 1 heterocycles. The molecule has 0 saturated heterocycles. The Kier molecular flexibility index (Phi) is 6.08. The fourth-order valence-electron chi connectivity index (χ4n) is 3.60. The summed E-state index contributed by atoms with van der Waals surface area (Å²) in [6.07, 6.45) is 4.39. The largest absolute Gasteiger partial charge is 0.478 e. The Hall–Kier alpha value is -4.25. The normalized spacial score (nSPS) is 11.0. The number of aromatic carboxylic acids is 1. The van der Waals surface area contributed by atoms with Crippen molar-refractivity contribution in [1.82, 2.24) is 4.57 Å². The highest BCUT2D eigenvalue weighted by Gasteiger charge is 2.21. The predicted molar refractivity (Wildman–Crippen MR) is 124 cm³/mol. The lowest BCUT2D eigenvalue weighted by Crippen LogP contribution is -2.24. The first-order valence-corrected chi connectivity index (χ1v) is 10.1. The number of hydrogen-bond acceptors (Lipinski definition) is 2. The number of carboxylic acid groups (broad SMARTS) is 1. The molecule has 0 atom stereocenters. The Morgan fingerprint density at radius 2 is 1.50 bits per heavy atom. The summed E-state index contributed by atoms with van der Waals surface area (Å²) in [4.78, 5) is 25.3. The standard InChI is InChI=1S/C27H20FNO3/c28-24-18-29(17-20-11-5-2-6-12-20)26(30)25(21-13-7-8-14-22(21)27(31)32)23(24)16-15-19-9-3-1-4-10-19/h1-16,18H,17H2,(H,31,32). The molecule has 0 aliphatic carbocycles. The van der Waals surface area contributed by atoms with Gasteiger partial charge in [0.05, 0.1) is 17.7 Å². The van der Waals surface area contributed by atoms with Crippen molar-refractivity contribution in [2.45, 2.75) is 6.54 Å². The van der Waals surface area contributed by atoms with Gasteiger partial charge in [-0.3, -0.25) is 4.79 Å². The minimum Gasteiger partial charge on any atom is -0.478 e. The van der Waals surface area contributed by atoms with Crippen molar-refractivity contribution < 1.29 is 14.3 Å². The third-order valence-electron chi connectivity index (χ3n) is 5.14. The molecule has 0 aliphatic heterocycles. The molecule has 0 unspecified atom stereocenters. The summed E-state index contributed by atoms with van der Waals surface area (Å²) in [7, 11) is 0. The number of benzene rings is 3. The monoisotopic (exact) mass is 425 g/mol. The third-order valence-corrected chi connectivity index (χ3v) is 5.14. The average molecular weight is 425 g/mol. The smallest absolute Gasteiger partial charge is 0.336 e. The minimum atomic E-state index is -1.18. The minimum absolute atomic E-state index is 0.0195. The Morgan fingerprint density at radius 1 is 0.875 bits per heavy atom. The first-order chi connectivity index (χ1) is 15.5. The molecule has 32 heavy (non-hydrogen) atoms. The number of hydrogen-bond donors (Lipinski definition) is 1. The molecule has 0 bridgehead atoms. The van der Waals surface area contributed by atoms with Crippen LogP contribution in [0.5, 0.6) is 0 Å². The van der Waals surface area contributed by atoms with Crippen LogP contribution >= 0.6 is 0 Å². The van der Waals surface area contributed by atoms with Crippen molar-refractivity contribution in [3.63, 3.8) is 0 Å². The van der Waals surface area contributed by atoms with E-state index in [-0.39, 0.29) is 28.8 Å². The zero-order chi connectivity index (χ0) is 22.5. The van der Waals surface area contributed by atoms with Gasteiger partial charge in [0.2, 0.25) is 0 Å². The lowest BCUT2D eigenvalue weighted by atomic mass is 9.95. The van der Waals surface area contributed by atoms with E-state index in [1.807, 2.05) is 60.7 Å². The SMILES string of the molecule is O=C(O)c1ccccc1-c1c(C=Cc2ccccc2)c(F)cn(Cc2ccccc2)c1=O. The first kappa shape index (κ1) is 21.0. The molecule has 1 N–H and O–H groups in total. The highest BCUT2D eigenvalue weighted by atomic mass is 19.1. The maximum absolute atomic E-state index is 15.4. The predicted octanol–water partition coefficient (Wildman–Crippen LogP) is 5.57. The summed E-state index contributed by atoms with van der Waals surface area (Å²) >= 11 is 0. The van der Waals surface area contributed by atoms with Crippen molar-refractivity contribution in [3.8, 4) is 11.1 Å². The molecule has 158 valence electrons. The zero-order valence-electron chi connectivity index (χ0n) is 17.1. The van der Waals surface area contributed by atoms with Gasteiger partial charge in [-0.25, -0.2) is 9.18 Å². The van der Waals surface area contributed by atoms with Crippen molar-refractivity contribution in [2.75, 3.05) is 0 Å². The van der Waals surface area contributed by atoms with Crippen LogP contribution < -0.4 is 5.56 Å². The topological polar surface area (TPSA) is 59.3 Å². The zero-order valence-corrected chi connectivity index (χ0v) is 17.1. The van der Waals surface area contributed by atoms with Crippen LogP contribution in [-0.4, -0.2) is 15.6 Å². The van der Waals surface area contributed by atoms with E-state index >= 15 is 4.39 Å². The molecule has 5 heteroatoms. The Bertz CT molecular complexity index is 1340. The van der Waals surface area contributed by atoms with Crippen LogP contribution in [0.4, 0.5) is 4.39 Å². The van der Waals surface area contributed by atoms with E-state index in [4.69, 9.17) is 0 Å². The van der Waals surface area contributed by atoms with Gasteiger partial charge in [-0.2, -0.15) is 0 Å². The Balaban J connectivity index is 1.94. The average Bonchev–Trinajstić information content (AvgIpc) is 2.81. The second kappa shape index (κ2) is 9.27. The van der Waals surface area contributed by atoms with Gasteiger partial charge >= 0.3 is 5.97 Å². The maximum Gasteiger partial charge on any atom is 0.336 e. The fourth-order valence-corrected chi connectivity index (χ4v) is 3.60. The van der Waals surface area contributed by atoms with Gasteiger partial charge in [0.15, 0.2) is 0 Å². The summed E-state index contributed by atoms with van der Waals surface area (Å²) in [5.41, 5.74) is 1.39. The summed E-state index contributed by atoms with van der Waals surface area (Å²) in [5, 5.41) is 9.67. The van der Waals surface area contributed by atoms with E-state index in [0.717, 1.165) is 11.1 Å². The molecule has 1 aromatic heterocycles. The summed E-state index contributed by atoms with van der Waals surface area (Å²) in [6, 6.07) is 24.7. The molecule has 0 fully saturated rings. The lowest BCUT2D eigenvalue weighted by molar-refractivity contribution is 0.0697. The van der Waals surface area contributed by atoms with Crippen molar-refractivity contribution >= 4 is 18.1 Å². The van der Waals surface area contributed by atoms with Crippen molar-refractivity contribution in [1.29, 1.82) is 0 Å². The van der Waals surface area contributed by atoms with Gasteiger partial charge in [-0.05, 0) is 17.2 Å². The van der Waals surface area contributed by atoms with Gasteiger partial charge in [-0.15, -0.1) is 0 Å². The molecular formula is C27H20FNO3. The molecule has 4 rings (SSSR count). The highest BCUT2D eigenvalue weighted by Crippen LogP contribution is 2.28. The summed E-state index contributed by atoms with van der Waals surface area (Å²) in [5.74, 6) is -1.79. The molecule has 0 amide bonds. The number of carboxylic acids is 1. The Labute approximate surface area is 184 Å². The molecule has 0 spiro atoms.